The molecule has 8 nitrogen and oxygen atoms in total. The van der Waals surface area contributed by atoms with Crippen molar-refractivity contribution in [3.63, 3.8) is 0 Å². The highest BCUT2D eigenvalue weighted by molar-refractivity contribution is 7.22. The maximum absolute atomic E-state index is 12.5. The predicted molar refractivity (Wildman–Crippen MR) is 109 cm³/mol. The summed E-state index contributed by atoms with van der Waals surface area (Å²) in [5, 5.41) is 10.9. The fraction of sp³-hybridized carbons (Fsp3) is 0.111. The van der Waals surface area contributed by atoms with Crippen LogP contribution in [0.5, 0.6) is 5.75 Å². The van der Waals surface area contributed by atoms with Gasteiger partial charge in [0.15, 0.2) is 5.13 Å². The molecule has 0 aliphatic heterocycles. The molecule has 138 valence electrons. The number of rotatable bonds is 5. The number of nitrogens with two attached hydrogens (primary N) is 2. The van der Waals surface area contributed by atoms with Crippen LogP contribution in [-0.2, 0) is 0 Å². The maximum atomic E-state index is 12.5. The minimum absolute atomic E-state index is 0.112. The Hall–Kier alpha value is -3.46. The van der Waals surface area contributed by atoms with Crippen LogP contribution in [0.1, 0.15) is 22.8 Å². The molecule has 5 N–H and O–H groups in total. The van der Waals surface area contributed by atoms with Crippen molar-refractivity contribution < 1.29 is 9.53 Å². The summed E-state index contributed by atoms with van der Waals surface area (Å²) >= 11 is 1.39. The largest absolute Gasteiger partial charge is 0.497 e. The highest BCUT2D eigenvalue weighted by atomic mass is 32.1. The molecule has 0 bridgehead atoms. The summed E-state index contributed by atoms with van der Waals surface area (Å²) in [5.74, 6) is 0.391. The topological polar surface area (TPSA) is 128 Å². The van der Waals surface area contributed by atoms with Crippen molar-refractivity contribution in [2.45, 2.75) is 6.92 Å². The van der Waals surface area contributed by atoms with Gasteiger partial charge >= 0.3 is 0 Å². The van der Waals surface area contributed by atoms with Crippen molar-refractivity contribution >= 4 is 44.3 Å². The molecule has 9 heteroatoms. The number of hydrogen-bond acceptors (Lipinski definition) is 6. The molecule has 0 unspecified atom stereocenters. The van der Waals surface area contributed by atoms with Gasteiger partial charge in [-0.15, -0.1) is 5.10 Å². The molecule has 0 spiro atoms. The SMILES string of the molecule is COc1ccc2nc(NC(=O)c3ccc(C(C)=NN=C(N)N)cc3)sc2c1. The second-order valence-electron chi connectivity index (χ2n) is 5.59. The molecular formula is C18H18N6O2S. The minimum Gasteiger partial charge on any atom is -0.497 e. The lowest BCUT2D eigenvalue weighted by Crippen LogP contribution is -2.22. The Kier molecular flexibility index (Phi) is 5.32. The van der Waals surface area contributed by atoms with E-state index >= 15 is 0 Å². The Bertz CT molecular complexity index is 1040. The molecule has 0 radical (unpaired) electrons. The molecule has 27 heavy (non-hydrogen) atoms. The zero-order valence-corrected chi connectivity index (χ0v) is 15.6. The molecule has 2 aromatic carbocycles. The summed E-state index contributed by atoms with van der Waals surface area (Å²) in [4.78, 5) is 16.9. The number of carbonyl (C=O) groups is 1. The zero-order valence-electron chi connectivity index (χ0n) is 14.8. The van der Waals surface area contributed by atoms with Gasteiger partial charge in [0.1, 0.15) is 5.75 Å². The number of nitrogens with zero attached hydrogens (tertiary/aromatic N) is 3. The molecule has 3 aromatic rings. The Morgan fingerprint density at radius 3 is 2.48 bits per heavy atom. The number of ether oxygens (including phenoxy) is 1. The van der Waals surface area contributed by atoms with E-state index in [1.54, 1.807) is 38.3 Å². The summed E-state index contributed by atoms with van der Waals surface area (Å²) in [6.45, 7) is 1.77. The van der Waals surface area contributed by atoms with Crippen LogP contribution in [-0.4, -0.2) is 29.7 Å². The van der Waals surface area contributed by atoms with Crippen molar-refractivity contribution in [1.82, 2.24) is 4.98 Å². The van der Waals surface area contributed by atoms with Gasteiger partial charge in [0, 0.05) is 5.56 Å². The zero-order chi connectivity index (χ0) is 19.4. The first-order valence-corrected chi connectivity index (χ1v) is 8.77. The predicted octanol–water partition coefficient (Wildman–Crippen LogP) is 2.55. The quantitative estimate of drug-likeness (QED) is 0.355. The van der Waals surface area contributed by atoms with Crippen LogP contribution in [0, 0.1) is 0 Å². The number of aromatic nitrogens is 1. The summed E-state index contributed by atoms with van der Waals surface area (Å²) < 4.78 is 6.14. The molecule has 0 atom stereocenters. The first kappa shape index (κ1) is 18.3. The van der Waals surface area contributed by atoms with Gasteiger partial charge in [-0.3, -0.25) is 10.1 Å². The molecule has 0 aliphatic carbocycles. The van der Waals surface area contributed by atoms with E-state index in [4.69, 9.17) is 16.2 Å². The third-order valence-electron chi connectivity index (χ3n) is 3.70. The Balaban J connectivity index is 1.74. The van der Waals surface area contributed by atoms with E-state index in [-0.39, 0.29) is 11.9 Å². The van der Waals surface area contributed by atoms with Crippen molar-refractivity contribution in [2.75, 3.05) is 12.4 Å². The molecular weight excluding hydrogens is 364 g/mol. The second kappa shape index (κ2) is 7.83. The number of carbonyl (C=O) groups excluding carboxylic acids is 1. The Morgan fingerprint density at radius 1 is 1.11 bits per heavy atom. The van der Waals surface area contributed by atoms with Gasteiger partial charge < -0.3 is 16.2 Å². The number of thiazole rings is 1. The van der Waals surface area contributed by atoms with Crippen LogP contribution in [0.15, 0.2) is 52.7 Å². The van der Waals surface area contributed by atoms with Gasteiger partial charge in [0.05, 0.1) is 23.0 Å². The van der Waals surface area contributed by atoms with Gasteiger partial charge in [-0.2, -0.15) is 5.10 Å². The van der Waals surface area contributed by atoms with Crippen molar-refractivity contribution in [2.24, 2.45) is 21.7 Å². The lowest BCUT2D eigenvalue weighted by molar-refractivity contribution is 0.102. The standard InChI is InChI=1S/C18H18N6O2S/c1-10(23-24-17(19)20)11-3-5-12(6-4-11)16(25)22-18-21-14-8-7-13(26-2)9-15(14)27-18/h3-9H,1-2H3,(H4,19,20,24)(H,21,22,25). The molecule has 0 saturated carbocycles. The number of hydrogen-bond donors (Lipinski definition) is 3. The average Bonchev–Trinajstić information content (AvgIpc) is 3.07. The molecule has 0 saturated heterocycles. The van der Waals surface area contributed by atoms with Gasteiger partial charge in [-0.05, 0) is 42.8 Å². The lowest BCUT2D eigenvalue weighted by atomic mass is 10.1. The third-order valence-corrected chi connectivity index (χ3v) is 4.63. The smallest absolute Gasteiger partial charge is 0.257 e. The number of fused-ring (bicyclic) bond motifs is 1. The van der Waals surface area contributed by atoms with E-state index in [0.717, 1.165) is 21.5 Å². The van der Waals surface area contributed by atoms with E-state index < -0.39 is 0 Å². The Morgan fingerprint density at radius 2 is 1.81 bits per heavy atom. The van der Waals surface area contributed by atoms with Gasteiger partial charge in [-0.25, -0.2) is 4.98 Å². The third kappa shape index (κ3) is 4.39. The molecule has 1 aromatic heterocycles. The van der Waals surface area contributed by atoms with E-state index in [1.807, 2.05) is 18.2 Å². The number of anilines is 1. The molecule has 0 fully saturated rings. The minimum atomic E-state index is -0.244. The fourth-order valence-electron chi connectivity index (χ4n) is 2.31. The Labute approximate surface area is 159 Å². The van der Waals surface area contributed by atoms with Crippen LogP contribution >= 0.6 is 11.3 Å². The molecule has 3 rings (SSSR count). The highest BCUT2D eigenvalue weighted by Gasteiger charge is 2.11. The van der Waals surface area contributed by atoms with Crippen LogP contribution in [0.3, 0.4) is 0 Å². The number of guanidine groups is 1. The van der Waals surface area contributed by atoms with Crippen molar-refractivity contribution in [3.8, 4) is 5.75 Å². The van der Waals surface area contributed by atoms with E-state index in [9.17, 15) is 4.79 Å². The summed E-state index contributed by atoms with van der Waals surface area (Å²) in [6.07, 6.45) is 0. The molecule has 1 amide bonds. The first-order chi connectivity index (χ1) is 13.0. The molecule has 0 aliphatic rings. The van der Waals surface area contributed by atoms with Crippen LogP contribution in [0.4, 0.5) is 5.13 Å². The summed E-state index contributed by atoms with van der Waals surface area (Å²) in [7, 11) is 1.61. The normalized spacial score (nSPS) is 11.3. The number of nitrogens with one attached hydrogen (secondary N) is 1. The highest BCUT2D eigenvalue weighted by Crippen LogP contribution is 2.29. The van der Waals surface area contributed by atoms with Crippen LogP contribution < -0.4 is 21.5 Å². The summed E-state index contributed by atoms with van der Waals surface area (Å²) in [5.41, 5.74) is 13.3. The fourth-order valence-corrected chi connectivity index (χ4v) is 3.20. The van der Waals surface area contributed by atoms with Crippen LogP contribution in [0.25, 0.3) is 10.2 Å². The van der Waals surface area contributed by atoms with Crippen molar-refractivity contribution in [3.05, 3.63) is 53.6 Å². The van der Waals surface area contributed by atoms with Gasteiger partial charge in [0.25, 0.3) is 5.91 Å². The number of methoxy groups -OCH3 is 1. The van der Waals surface area contributed by atoms with Gasteiger partial charge in [-0.1, -0.05) is 23.5 Å². The average molecular weight is 382 g/mol. The van der Waals surface area contributed by atoms with Crippen LogP contribution in [0.2, 0.25) is 0 Å². The van der Waals surface area contributed by atoms with E-state index in [1.165, 1.54) is 11.3 Å². The van der Waals surface area contributed by atoms with Gasteiger partial charge in [0.2, 0.25) is 5.96 Å². The van der Waals surface area contributed by atoms with Crippen molar-refractivity contribution in [1.29, 1.82) is 0 Å². The number of benzene rings is 2. The second-order valence-corrected chi connectivity index (χ2v) is 6.63. The van der Waals surface area contributed by atoms with E-state index in [2.05, 4.69) is 20.5 Å². The maximum Gasteiger partial charge on any atom is 0.257 e. The number of amides is 1. The summed E-state index contributed by atoms with van der Waals surface area (Å²) in [6, 6.07) is 12.5. The first-order valence-electron chi connectivity index (χ1n) is 7.96. The monoisotopic (exact) mass is 382 g/mol. The lowest BCUT2D eigenvalue weighted by Gasteiger charge is -2.03. The molecule has 1 heterocycles. The van der Waals surface area contributed by atoms with E-state index in [0.29, 0.717) is 16.4 Å².